The van der Waals surface area contributed by atoms with Crippen molar-refractivity contribution in [2.75, 3.05) is 0 Å². The highest BCUT2D eigenvalue weighted by molar-refractivity contribution is 8.26. The zero-order chi connectivity index (χ0) is 22.8. The van der Waals surface area contributed by atoms with Crippen molar-refractivity contribution in [3.63, 3.8) is 0 Å². The first kappa shape index (κ1) is 21.5. The number of hydrogen-bond donors (Lipinski definition) is 1. The van der Waals surface area contributed by atoms with Crippen molar-refractivity contribution in [2.45, 2.75) is 6.92 Å². The van der Waals surface area contributed by atoms with Crippen LogP contribution >= 0.6 is 24.0 Å². The molecule has 160 valence electrons. The Bertz CT molecular complexity index is 1280. The lowest BCUT2D eigenvalue weighted by Crippen LogP contribution is -2.44. The molecule has 1 aliphatic heterocycles. The highest BCUT2D eigenvalue weighted by Crippen LogP contribution is 2.33. The van der Waals surface area contributed by atoms with Crippen LogP contribution in [0.4, 0.5) is 0 Å². The normalized spacial score (nSPS) is 14.8. The molecular weight excluding hydrogens is 448 g/mol. The molecule has 0 spiro atoms. The summed E-state index contributed by atoms with van der Waals surface area (Å²) in [5, 5.41) is 12.0. The summed E-state index contributed by atoms with van der Waals surface area (Å²) in [5.41, 5.74) is 4.44. The molecule has 3 aromatic rings. The number of furan rings is 1. The molecule has 2 heterocycles. The van der Waals surface area contributed by atoms with Gasteiger partial charge in [0.2, 0.25) is 0 Å². The molecule has 0 radical (unpaired) electrons. The molecule has 0 unspecified atom stereocenters. The highest BCUT2D eigenvalue weighted by Gasteiger charge is 2.34. The first-order valence-electron chi connectivity index (χ1n) is 9.39. The minimum Gasteiger partial charge on any atom is -0.545 e. The van der Waals surface area contributed by atoms with E-state index in [0.29, 0.717) is 27.6 Å². The van der Waals surface area contributed by atoms with E-state index in [1.54, 1.807) is 61.5 Å². The molecule has 9 heteroatoms. The molecule has 1 fully saturated rings. The van der Waals surface area contributed by atoms with Crippen LogP contribution in [-0.4, -0.2) is 27.1 Å². The third kappa shape index (κ3) is 4.34. The number of hydrazine groups is 1. The molecule has 7 nitrogen and oxygen atoms in total. The van der Waals surface area contributed by atoms with E-state index >= 15 is 0 Å². The van der Waals surface area contributed by atoms with Gasteiger partial charge < -0.3 is 14.3 Å². The van der Waals surface area contributed by atoms with Crippen molar-refractivity contribution in [1.29, 1.82) is 0 Å². The van der Waals surface area contributed by atoms with Crippen LogP contribution in [0.25, 0.3) is 17.4 Å². The third-order valence-electron chi connectivity index (χ3n) is 4.67. The van der Waals surface area contributed by atoms with Crippen molar-refractivity contribution in [1.82, 2.24) is 10.4 Å². The van der Waals surface area contributed by atoms with Gasteiger partial charge in [-0.15, -0.1) is 0 Å². The van der Waals surface area contributed by atoms with E-state index in [1.165, 1.54) is 12.1 Å². The topological polar surface area (TPSA) is 103 Å². The number of benzene rings is 2. The number of thiocarbonyl (C=S) groups is 1. The van der Waals surface area contributed by atoms with Crippen molar-refractivity contribution in [2.24, 2.45) is 0 Å². The highest BCUT2D eigenvalue weighted by atomic mass is 32.2. The van der Waals surface area contributed by atoms with Gasteiger partial charge in [0.05, 0.1) is 10.9 Å². The molecular formula is C23H15N2O5S2-. The Labute approximate surface area is 192 Å². The number of aromatic carboxylic acids is 1. The van der Waals surface area contributed by atoms with Crippen molar-refractivity contribution in [3.05, 3.63) is 88.0 Å². The molecule has 1 saturated heterocycles. The minimum atomic E-state index is -1.25. The van der Waals surface area contributed by atoms with Gasteiger partial charge in [0, 0.05) is 17.2 Å². The summed E-state index contributed by atoms with van der Waals surface area (Å²) < 4.78 is 6.03. The minimum absolute atomic E-state index is 0.0826. The lowest BCUT2D eigenvalue weighted by atomic mass is 10.0. The maximum absolute atomic E-state index is 12.8. The van der Waals surface area contributed by atoms with Crippen LogP contribution in [0.2, 0.25) is 0 Å². The zero-order valence-corrected chi connectivity index (χ0v) is 18.3. The SMILES string of the molecule is Cc1cc(C(=O)[O-])ccc1-c1ccc(/C=C2/SC(=S)N(NC(=O)c3ccccc3)C2=O)o1. The second-order valence-electron chi connectivity index (χ2n) is 6.84. The van der Waals surface area contributed by atoms with Crippen LogP contribution in [0.3, 0.4) is 0 Å². The smallest absolute Gasteiger partial charge is 0.285 e. The monoisotopic (exact) mass is 463 g/mol. The summed E-state index contributed by atoms with van der Waals surface area (Å²) in [7, 11) is 0. The van der Waals surface area contributed by atoms with Gasteiger partial charge >= 0.3 is 0 Å². The Morgan fingerprint density at radius 1 is 1.09 bits per heavy atom. The van der Waals surface area contributed by atoms with Crippen molar-refractivity contribution < 1.29 is 23.9 Å². The van der Waals surface area contributed by atoms with Gasteiger partial charge in [-0.25, -0.2) is 0 Å². The number of thioether (sulfide) groups is 1. The Morgan fingerprint density at radius 3 is 2.53 bits per heavy atom. The quantitative estimate of drug-likeness (QED) is 0.458. The summed E-state index contributed by atoms with van der Waals surface area (Å²) >= 11 is 6.29. The van der Waals surface area contributed by atoms with Gasteiger partial charge in [-0.1, -0.05) is 42.1 Å². The maximum Gasteiger partial charge on any atom is 0.285 e. The third-order valence-corrected chi connectivity index (χ3v) is 5.97. The number of carbonyl (C=O) groups is 3. The number of amides is 2. The molecule has 1 aliphatic rings. The van der Waals surface area contributed by atoms with Gasteiger partial charge in [0.15, 0.2) is 4.32 Å². The average molecular weight is 464 g/mol. The van der Waals surface area contributed by atoms with E-state index in [2.05, 4.69) is 5.43 Å². The predicted molar refractivity (Wildman–Crippen MR) is 122 cm³/mol. The summed E-state index contributed by atoms with van der Waals surface area (Å²) in [5.74, 6) is -1.22. The van der Waals surface area contributed by atoms with E-state index in [9.17, 15) is 19.5 Å². The number of nitrogens with zero attached hydrogens (tertiary/aromatic N) is 1. The second-order valence-corrected chi connectivity index (χ2v) is 8.52. The van der Waals surface area contributed by atoms with Crippen molar-refractivity contribution in [3.8, 4) is 11.3 Å². The van der Waals surface area contributed by atoms with Crippen LogP contribution in [0.1, 0.15) is 32.0 Å². The molecule has 0 saturated carbocycles. The van der Waals surface area contributed by atoms with E-state index in [-0.39, 0.29) is 9.88 Å². The lowest BCUT2D eigenvalue weighted by Gasteiger charge is -2.15. The van der Waals surface area contributed by atoms with Gasteiger partial charge in [-0.3, -0.25) is 15.0 Å². The van der Waals surface area contributed by atoms with E-state index in [1.807, 2.05) is 0 Å². The van der Waals surface area contributed by atoms with E-state index < -0.39 is 17.8 Å². The van der Waals surface area contributed by atoms with E-state index in [4.69, 9.17) is 16.6 Å². The number of carboxylic acid groups (broad SMARTS) is 1. The van der Waals surface area contributed by atoms with Gasteiger partial charge in [-0.05, 0) is 60.6 Å². The number of nitrogens with one attached hydrogen (secondary N) is 1. The molecule has 2 aromatic carbocycles. The number of carbonyl (C=O) groups excluding carboxylic acids is 3. The summed E-state index contributed by atoms with van der Waals surface area (Å²) in [6.45, 7) is 1.77. The van der Waals surface area contributed by atoms with Gasteiger partial charge in [0.1, 0.15) is 11.5 Å². The van der Waals surface area contributed by atoms with Crippen LogP contribution in [0, 0.1) is 6.92 Å². The fraction of sp³-hybridized carbons (Fsp3) is 0.0435. The van der Waals surface area contributed by atoms with Crippen LogP contribution in [-0.2, 0) is 4.79 Å². The first-order chi connectivity index (χ1) is 15.3. The number of rotatable bonds is 5. The summed E-state index contributed by atoms with van der Waals surface area (Å²) in [6, 6.07) is 16.5. The van der Waals surface area contributed by atoms with E-state index in [0.717, 1.165) is 22.3 Å². The lowest BCUT2D eigenvalue weighted by molar-refractivity contribution is -0.255. The van der Waals surface area contributed by atoms with Crippen LogP contribution in [0.5, 0.6) is 0 Å². The molecule has 1 N–H and O–H groups in total. The zero-order valence-electron chi connectivity index (χ0n) is 16.7. The van der Waals surface area contributed by atoms with Crippen LogP contribution < -0.4 is 10.5 Å². The van der Waals surface area contributed by atoms with Gasteiger partial charge in [-0.2, -0.15) is 5.01 Å². The Kier molecular flexibility index (Phi) is 5.93. The average Bonchev–Trinajstić information content (AvgIpc) is 3.34. The summed E-state index contributed by atoms with van der Waals surface area (Å²) in [4.78, 5) is 36.4. The molecule has 2 amide bonds. The van der Waals surface area contributed by atoms with Gasteiger partial charge in [0.25, 0.3) is 11.8 Å². The fourth-order valence-corrected chi connectivity index (χ4v) is 4.25. The molecule has 32 heavy (non-hydrogen) atoms. The predicted octanol–water partition coefficient (Wildman–Crippen LogP) is 3.16. The molecule has 0 bridgehead atoms. The van der Waals surface area contributed by atoms with Crippen molar-refractivity contribution >= 4 is 52.2 Å². The first-order valence-corrected chi connectivity index (χ1v) is 10.6. The molecule has 1 aromatic heterocycles. The fourth-order valence-electron chi connectivity index (χ4n) is 3.09. The Morgan fingerprint density at radius 2 is 1.84 bits per heavy atom. The number of carboxylic acids is 1. The Balaban J connectivity index is 1.52. The maximum atomic E-state index is 12.8. The number of hydrogen-bond acceptors (Lipinski definition) is 7. The summed E-state index contributed by atoms with van der Waals surface area (Å²) in [6.07, 6.45) is 1.54. The molecule has 4 rings (SSSR count). The Hall–Kier alpha value is -3.69. The van der Waals surface area contributed by atoms with Crippen LogP contribution in [0.15, 0.2) is 70.0 Å². The largest absolute Gasteiger partial charge is 0.545 e. The second kappa shape index (κ2) is 8.81. The standard InChI is InChI=1S/C23H16N2O5S2/c1-13-11-15(22(28)29)7-9-17(13)18-10-8-16(30-18)12-19-21(27)25(23(31)32-19)24-20(26)14-5-3-2-4-6-14/h2-12H,1H3,(H,24,26)(H,28,29)/p-1/b19-12+. The number of aryl methyl sites for hydroxylation is 1. The molecule has 0 aliphatic carbocycles. The molecule has 0 atom stereocenters.